The predicted molar refractivity (Wildman–Crippen MR) is 371 cm³/mol. The number of benzene rings is 4. The Bertz CT molecular complexity index is 2770. The van der Waals surface area contributed by atoms with Gasteiger partial charge in [-0.2, -0.15) is 35.3 Å². The third-order valence-corrected chi connectivity index (χ3v) is 33.6. The van der Waals surface area contributed by atoms with Crippen molar-refractivity contribution in [2.24, 2.45) is 0 Å². The normalized spacial score (nSPS) is 26.0. The zero-order valence-electron chi connectivity index (χ0n) is 53.0. The highest BCUT2D eigenvalue weighted by Crippen LogP contribution is 2.38. The molecule has 8 N–H and O–H groups in total. The highest BCUT2D eigenvalue weighted by atomic mass is 32.2. The molecule has 0 spiro atoms. The Morgan fingerprint density at radius 1 is 0.322 bits per heavy atom. The summed E-state index contributed by atoms with van der Waals surface area (Å²) in [5.74, 6) is 11.7. The van der Waals surface area contributed by atoms with E-state index in [9.17, 15) is 0 Å². The van der Waals surface area contributed by atoms with E-state index in [4.69, 9.17) is 8.85 Å². The lowest BCUT2D eigenvalue weighted by atomic mass is 10.1. The maximum absolute atomic E-state index is 7.39. The molecule has 8 aliphatic rings. The molecular formula is C68H102N12O2S3Si2+4. The second kappa shape index (κ2) is 28.3. The van der Waals surface area contributed by atoms with Gasteiger partial charge in [-0.25, -0.2) is 0 Å². The lowest BCUT2D eigenvalue weighted by Gasteiger charge is -2.44. The summed E-state index contributed by atoms with van der Waals surface area (Å²) in [5, 5.41) is 37.0. The Morgan fingerprint density at radius 2 is 0.517 bits per heavy atom. The van der Waals surface area contributed by atoms with E-state index in [2.05, 4.69) is 259 Å². The topological polar surface area (TPSA) is 127 Å². The molecule has 0 fully saturated rings. The summed E-state index contributed by atoms with van der Waals surface area (Å²) in [6, 6.07) is 47.7. The van der Waals surface area contributed by atoms with E-state index >= 15 is 0 Å². The van der Waals surface area contributed by atoms with Gasteiger partial charge in [0.15, 0.2) is 0 Å². The van der Waals surface area contributed by atoms with Crippen molar-refractivity contribution in [1.82, 2.24) is 42.5 Å². The van der Waals surface area contributed by atoms with E-state index in [0.29, 0.717) is 49.5 Å². The third-order valence-electron chi connectivity index (χ3n) is 19.7. The average molecular weight is 1270 g/mol. The minimum Gasteiger partial charge on any atom is -0.404 e. The molecule has 0 radical (unpaired) electrons. The predicted octanol–water partition coefficient (Wildman–Crippen LogP) is 4.71. The molecule has 8 heterocycles. The van der Waals surface area contributed by atoms with Gasteiger partial charge >= 0.3 is 23.8 Å². The molecule has 19 heteroatoms. The molecule has 8 atom stereocenters. The molecule has 468 valence electrons. The van der Waals surface area contributed by atoms with E-state index in [1.54, 1.807) is 0 Å². The molecule has 87 heavy (non-hydrogen) atoms. The number of thioether (sulfide) groups is 3. The van der Waals surface area contributed by atoms with Crippen LogP contribution in [0.15, 0.2) is 121 Å². The van der Waals surface area contributed by atoms with Gasteiger partial charge in [-0.05, 0) is 30.8 Å². The van der Waals surface area contributed by atoms with Crippen LogP contribution in [0, 0.1) is 0 Å². The highest BCUT2D eigenvalue weighted by molar-refractivity contribution is 7.99. The Balaban J connectivity index is 0.539. The van der Waals surface area contributed by atoms with Crippen LogP contribution < -0.4 is 63.3 Å². The van der Waals surface area contributed by atoms with Crippen LogP contribution in [0.4, 0.5) is 0 Å². The van der Waals surface area contributed by atoms with Gasteiger partial charge in [0.1, 0.15) is 0 Å². The Kier molecular flexibility index (Phi) is 20.3. The molecule has 0 unspecified atom stereocenters. The van der Waals surface area contributed by atoms with Crippen LogP contribution in [0.3, 0.4) is 0 Å². The Hall–Kier alpha value is -4.64. The SMILES string of the molecule is CC(C)(C)[Si](OC[C@H]1CC[N+]2=C(N1)N[C@@H](CSC[C@H]1CC[N+]3=C(N1)N[C@@H](CSC[C@H]1CC[N+]4=C(N[C@@H](CSC[C@H]5CC[N+]6=C(N[C@@H](CO[Si](c7ccccc7)(c7ccccc7)C(C)(C)C)CC6)N5)CC4)N1)CC3)CC2)(c1ccccc1)c1ccccc1. The van der Waals surface area contributed by atoms with Gasteiger partial charge in [0.2, 0.25) is 0 Å². The first kappa shape index (κ1) is 62.6. The first-order chi connectivity index (χ1) is 42.3. The fourth-order valence-corrected chi connectivity index (χ4v) is 27.7. The van der Waals surface area contributed by atoms with Crippen LogP contribution in [0.2, 0.25) is 10.1 Å². The number of nitrogens with one attached hydrogen (secondary N) is 8. The molecule has 0 saturated carbocycles. The van der Waals surface area contributed by atoms with Crippen molar-refractivity contribution < 1.29 is 27.2 Å². The van der Waals surface area contributed by atoms with Crippen molar-refractivity contribution in [3.63, 3.8) is 0 Å². The van der Waals surface area contributed by atoms with Crippen molar-refractivity contribution in [2.75, 3.05) is 100 Å². The number of hydrogen-bond acceptors (Lipinski definition) is 13. The molecule has 0 amide bonds. The van der Waals surface area contributed by atoms with Crippen molar-refractivity contribution in [3.05, 3.63) is 121 Å². The van der Waals surface area contributed by atoms with E-state index in [1.165, 1.54) is 83.1 Å². The van der Waals surface area contributed by atoms with E-state index in [0.717, 1.165) is 99.7 Å². The van der Waals surface area contributed by atoms with Gasteiger partial charge < -0.3 is 8.85 Å². The second-order valence-electron chi connectivity index (χ2n) is 27.9. The number of rotatable bonds is 22. The van der Waals surface area contributed by atoms with Crippen LogP contribution in [-0.4, -0.2) is 207 Å². The third kappa shape index (κ3) is 14.6. The first-order valence-corrected chi connectivity index (χ1v) is 40.4. The lowest BCUT2D eigenvalue weighted by Crippen LogP contribution is -2.68. The summed E-state index contributed by atoms with van der Waals surface area (Å²) in [5.41, 5.74) is 0. The van der Waals surface area contributed by atoms with Crippen molar-refractivity contribution >= 4 is 96.5 Å². The average Bonchev–Trinajstić information content (AvgIpc) is 1.31. The van der Waals surface area contributed by atoms with E-state index < -0.39 is 16.6 Å². The van der Waals surface area contributed by atoms with Crippen molar-refractivity contribution in [2.45, 2.75) is 151 Å². The number of guanidine groups is 4. The summed E-state index contributed by atoms with van der Waals surface area (Å²) in [6.07, 6.45) is 9.32. The summed E-state index contributed by atoms with van der Waals surface area (Å²) in [7, 11) is -5.20. The van der Waals surface area contributed by atoms with Gasteiger partial charge in [-0.15, -0.1) is 0 Å². The van der Waals surface area contributed by atoms with Crippen LogP contribution in [-0.2, 0) is 8.85 Å². The summed E-state index contributed by atoms with van der Waals surface area (Å²) >= 11 is 6.36. The van der Waals surface area contributed by atoms with Crippen LogP contribution in [0.1, 0.15) is 92.9 Å². The molecule has 0 aliphatic carbocycles. The fourth-order valence-electron chi connectivity index (χ4n) is 14.9. The number of nitrogens with zero attached hydrogens (tertiary/aromatic N) is 4. The maximum Gasteiger partial charge on any atom is 0.346 e. The molecule has 4 aromatic carbocycles. The summed E-state index contributed by atoms with van der Waals surface area (Å²) < 4.78 is 25.0. The Labute approximate surface area is 535 Å². The summed E-state index contributed by atoms with van der Waals surface area (Å²) in [4.78, 5) is 0. The van der Waals surface area contributed by atoms with Crippen LogP contribution in [0.5, 0.6) is 0 Å². The van der Waals surface area contributed by atoms with Gasteiger partial charge in [0.05, 0.1) is 114 Å². The van der Waals surface area contributed by atoms with Gasteiger partial charge in [-0.3, -0.25) is 60.8 Å². The first-order valence-electron chi connectivity index (χ1n) is 33.1. The van der Waals surface area contributed by atoms with E-state index in [1.807, 2.05) is 0 Å². The molecular weight excluding hydrogens is 1170 g/mol. The van der Waals surface area contributed by atoms with E-state index in [-0.39, 0.29) is 22.2 Å². The zero-order chi connectivity index (χ0) is 59.9. The largest absolute Gasteiger partial charge is 0.404 e. The zero-order valence-corrected chi connectivity index (χ0v) is 57.4. The van der Waals surface area contributed by atoms with Crippen LogP contribution in [0.25, 0.3) is 0 Å². The molecule has 8 aliphatic heterocycles. The molecule has 4 aromatic rings. The van der Waals surface area contributed by atoms with Crippen LogP contribution >= 0.6 is 35.3 Å². The van der Waals surface area contributed by atoms with Gasteiger partial charge in [-0.1, -0.05) is 163 Å². The monoisotopic (exact) mass is 1270 g/mol. The highest BCUT2D eigenvalue weighted by Gasteiger charge is 2.52. The van der Waals surface area contributed by atoms with Crippen molar-refractivity contribution in [3.8, 4) is 0 Å². The molecule has 0 saturated heterocycles. The quantitative estimate of drug-likeness (QED) is 0.0410. The fraction of sp³-hybridized carbons (Fsp3) is 0.588. The molecule has 12 rings (SSSR count). The minimum atomic E-state index is -2.60. The maximum atomic E-state index is 7.39. The Morgan fingerprint density at radius 3 is 0.724 bits per heavy atom. The second-order valence-corrected chi connectivity index (χ2v) is 39.8. The minimum absolute atomic E-state index is 0.0345. The number of hydrogen-bond donors (Lipinski definition) is 8. The summed E-state index contributed by atoms with van der Waals surface area (Å²) in [6.45, 7) is 24.5. The molecule has 0 bridgehead atoms. The molecule has 0 aromatic heterocycles. The smallest absolute Gasteiger partial charge is 0.346 e. The standard InChI is InChI=1S/C68H98N12O2S3Si2/c1-67(2,3)86(59-19-11-7-12-20-59,60-21-13-8-14-22-60)81-43-51-27-35-77-37-29-53(71-63(77)69-51)45-83-47-55-31-39-79-41-33-57(75-65(79)73-55)49-85-50-58-34-42-80-40-32-56(74-66(80)76-58)48-84-46-54-30-38-78-36-28-52(70-64(78)72-54)44-82-87(68(4,5)6,61-23-15-9-16-24-61)62-25-17-10-18-26-62/h7-26,51-58H,27-50H2,1-6H3,(H4,69,70,71,72,73,74,75,76)/p+4/t51-,52-,53-,54-,55-,56-,57-,58-/m1/s1. The van der Waals surface area contributed by atoms with Gasteiger partial charge in [0, 0.05) is 85.9 Å². The molecule has 14 nitrogen and oxygen atoms in total. The van der Waals surface area contributed by atoms with Gasteiger partial charge in [0.25, 0.3) is 16.6 Å². The lowest BCUT2D eigenvalue weighted by molar-refractivity contribution is -0.542. The van der Waals surface area contributed by atoms with Crippen molar-refractivity contribution in [1.29, 1.82) is 0 Å².